The maximum atomic E-state index is 11.6. The van der Waals surface area contributed by atoms with Crippen LogP contribution >= 0.6 is 11.3 Å². The van der Waals surface area contributed by atoms with Crippen molar-refractivity contribution in [2.75, 3.05) is 31.1 Å². The summed E-state index contributed by atoms with van der Waals surface area (Å²) in [4.78, 5) is 20.5. The molecule has 8 heteroatoms. The second kappa shape index (κ2) is 6.25. The van der Waals surface area contributed by atoms with Crippen molar-refractivity contribution in [3.8, 4) is 0 Å². The van der Waals surface area contributed by atoms with Crippen LogP contribution in [0.4, 0.5) is 5.13 Å². The van der Waals surface area contributed by atoms with Crippen LogP contribution in [-0.2, 0) is 6.54 Å². The molecule has 0 spiro atoms. The summed E-state index contributed by atoms with van der Waals surface area (Å²) in [6, 6.07) is 1.64. The Morgan fingerprint density at radius 2 is 2.24 bits per heavy atom. The number of nitrogen functional groups attached to an aromatic ring is 1. The van der Waals surface area contributed by atoms with Gasteiger partial charge in [0.2, 0.25) is 0 Å². The Labute approximate surface area is 126 Å². The van der Waals surface area contributed by atoms with Gasteiger partial charge in [-0.3, -0.25) is 15.1 Å². The lowest BCUT2D eigenvalue weighted by Gasteiger charge is -2.34. The third kappa shape index (κ3) is 3.07. The number of hydrogen-bond acceptors (Lipinski definition) is 7. The zero-order chi connectivity index (χ0) is 14.7. The zero-order valence-corrected chi connectivity index (χ0v) is 12.3. The highest BCUT2D eigenvalue weighted by molar-refractivity contribution is 7.13. The number of amides is 1. The molecule has 0 atom stereocenters. The summed E-state index contributed by atoms with van der Waals surface area (Å²) in [7, 11) is 0. The summed E-state index contributed by atoms with van der Waals surface area (Å²) in [5.41, 5.74) is 2.64. The molecule has 0 aliphatic carbocycles. The molecule has 1 saturated heterocycles. The quantitative estimate of drug-likeness (QED) is 0.490. The molecule has 1 aliphatic rings. The fourth-order valence-corrected chi connectivity index (χ4v) is 3.11. The summed E-state index contributed by atoms with van der Waals surface area (Å²) >= 11 is 1.66. The van der Waals surface area contributed by atoms with Gasteiger partial charge in [0.15, 0.2) is 5.13 Å². The van der Waals surface area contributed by atoms with Gasteiger partial charge in [-0.05, 0) is 6.07 Å². The van der Waals surface area contributed by atoms with Crippen molar-refractivity contribution in [1.82, 2.24) is 15.3 Å². The van der Waals surface area contributed by atoms with Crippen molar-refractivity contribution in [3.63, 3.8) is 0 Å². The van der Waals surface area contributed by atoms with Gasteiger partial charge >= 0.3 is 0 Å². The van der Waals surface area contributed by atoms with Crippen molar-refractivity contribution in [2.45, 2.75) is 6.54 Å². The van der Waals surface area contributed by atoms with Gasteiger partial charge in [-0.15, -0.1) is 11.3 Å². The third-order valence-corrected chi connectivity index (χ3v) is 4.38. The Bertz CT molecular complexity index is 589. The van der Waals surface area contributed by atoms with Crippen LogP contribution in [0.3, 0.4) is 0 Å². The number of furan rings is 1. The van der Waals surface area contributed by atoms with E-state index in [0.717, 1.165) is 31.3 Å². The van der Waals surface area contributed by atoms with Gasteiger partial charge in [0.25, 0.3) is 5.91 Å². The fourth-order valence-electron chi connectivity index (χ4n) is 2.42. The van der Waals surface area contributed by atoms with Crippen LogP contribution < -0.4 is 16.2 Å². The first-order valence-corrected chi connectivity index (χ1v) is 7.60. The average molecular weight is 307 g/mol. The lowest BCUT2D eigenvalue weighted by atomic mass is 10.2. The second-order valence-corrected chi connectivity index (χ2v) is 5.68. The number of thiazole rings is 1. The highest BCUT2D eigenvalue weighted by atomic mass is 32.1. The van der Waals surface area contributed by atoms with Crippen LogP contribution in [0.15, 0.2) is 28.3 Å². The van der Waals surface area contributed by atoms with E-state index in [0.29, 0.717) is 17.9 Å². The van der Waals surface area contributed by atoms with Gasteiger partial charge in [-0.1, -0.05) is 0 Å². The molecule has 7 nitrogen and oxygen atoms in total. The molecule has 0 saturated carbocycles. The summed E-state index contributed by atoms with van der Waals surface area (Å²) < 4.78 is 5.41. The Kier molecular flexibility index (Phi) is 4.18. The first-order chi connectivity index (χ1) is 10.3. The molecule has 2 aromatic rings. The van der Waals surface area contributed by atoms with Crippen molar-refractivity contribution >= 4 is 22.4 Å². The van der Waals surface area contributed by atoms with E-state index in [2.05, 4.69) is 20.2 Å². The summed E-state index contributed by atoms with van der Waals surface area (Å²) in [5, 5.41) is 3.05. The van der Waals surface area contributed by atoms with Gasteiger partial charge in [-0.25, -0.2) is 10.8 Å². The molecule has 3 rings (SSSR count). The Morgan fingerprint density at radius 1 is 1.43 bits per heavy atom. The molecule has 3 heterocycles. The number of nitrogens with zero attached hydrogens (tertiary/aromatic N) is 3. The van der Waals surface area contributed by atoms with E-state index in [4.69, 9.17) is 10.3 Å². The van der Waals surface area contributed by atoms with Gasteiger partial charge in [0.1, 0.15) is 5.76 Å². The molecule has 0 unspecified atom stereocenters. The largest absolute Gasteiger partial charge is 0.467 e. The lowest BCUT2D eigenvalue weighted by Crippen LogP contribution is -2.46. The molecule has 1 fully saturated rings. The molecular weight excluding hydrogens is 290 g/mol. The van der Waals surface area contributed by atoms with E-state index < -0.39 is 0 Å². The monoisotopic (exact) mass is 307 g/mol. The molecule has 1 aliphatic heterocycles. The van der Waals surface area contributed by atoms with Crippen molar-refractivity contribution in [2.24, 2.45) is 5.84 Å². The molecule has 0 radical (unpaired) electrons. The highest BCUT2D eigenvalue weighted by Gasteiger charge is 2.22. The minimum Gasteiger partial charge on any atom is -0.467 e. The number of rotatable bonds is 4. The van der Waals surface area contributed by atoms with E-state index in [1.165, 1.54) is 6.26 Å². The lowest BCUT2D eigenvalue weighted by molar-refractivity contribution is 0.0949. The summed E-state index contributed by atoms with van der Waals surface area (Å²) in [6.45, 7) is 4.27. The first kappa shape index (κ1) is 14.1. The average Bonchev–Trinajstić information content (AvgIpc) is 3.18. The zero-order valence-electron chi connectivity index (χ0n) is 11.5. The number of hydrogen-bond donors (Lipinski definition) is 2. The predicted molar refractivity (Wildman–Crippen MR) is 80.0 cm³/mol. The Balaban J connectivity index is 1.58. The van der Waals surface area contributed by atoms with Gasteiger partial charge in [0.05, 0.1) is 18.4 Å². The SMILES string of the molecule is NNC(=O)c1ccoc1CN1CCN(c2nccs2)CC1. The van der Waals surface area contributed by atoms with Crippen LogP contribution in [-0.4, -0.2) is 42.0 Å². The van der Waals surface area contributed by atoms with Crippen LogP contribution in [0, 0.1) is 0 Å². The number of nitrogens with one attached hydrogen (secondary N) is 1. The molecule has 21 heavy (non-hydrogen) atoms. The molecule has 1 amide bonds. The Hall–Kier alpha value is -1.90. The van der Waals surface area contributed by atoms with Gasteiger partial charge in [-0.2, -0.15) is 0 Å². The minimum atomic E-state index is -0.319. The Morgan fingerprint density at radius 3 is 2.90 bits per heavy atom. The first-order valence-electron chi connectivity index (χ1n) is 6.72. The maximum absolute atomic E-state index is 11.6. The standard InChI is InChI=1S/C13H17N5O2S/c14-16-12(19)10-1-7-20-11(10)9-17-3-5-18(6-4-17)13-15-2-8-21-13/h1-2,7-8H,3-6,9,14H2,(H,16,19). The highest BCUT2D eigenvalue weighted by Crippen LogP contribution is 2.20. The molecule has 2 aromatic heterocycles. The van der Waals surface area contributed by atoms with Crippen LogP contribution in [0.2, 0.25) is 0 Å². The number of nitrogens with two attached hydrogens (primary N) is 1. The smallest absolute Gasteiger partial charge is 0.268 e. The van der Waals surface area contributed by atoms with Crippen molar-refractivity contribution in [1.29, 1.82) is 0 Å². The van der Waals surface area contributed by atoms with Crippen LogP contribution in [0.1, 0.15) is 16.1 Å². The number of carbonyl (C=O) groups is 1. The topological polar surface area (TPSA) is 87.6 Å². The van der Waals surface area contributed by atoms with E-state index in [1.54, 1.807) is 17.4 Å². The number of aromatic nitrogens is 1. The third-order valence-electron chi connectivity index (χ3n) is 3.55. The molecular formula is C13H17N5O2S. The van der Waals surface area contributed by atoms with E-state index >= 15 is 0 Å². The summed E-state index contributed by atoms with van der Waals surface area (Å²) in [6.07, 6.45) is 3.35. The fraction of sp³-hybridized carbons (Fsp3) is 0.385. The van der Waals surface area contributed by atoms with Crippen LogP contribution in [0.25, 0.3) is 0 Å². The van der Waals surface area contributed by atoms with Crippen molar-refractivity contribution < 1.29 is 9.21 Å². The number of hydrazine groups is 1. The van der Waals surface area contributed by atoms with E-state index in [9.17, 15) is 4.79 Å². The maximum Gasteiger partial charge on any atom is 0.268 e. The van der Waals surface area contributed by atoms with Gasteiger partial charge < -0.3 is 9.32 Å². The molecule has 112 valence electrons. The van der Waals surface area contributed by atoms with Gasteiger partial charge in [0, 0.05) is 37.8 Å². The minimum absolute atomic E-state index is 0.319. The number of piperazine rings is 1. The normalized spacial score (nSPS) is 16.1. The number of anilines is 1. The predicted octanol–water partition coefficient (Wildman–Crippen LogP) is 0.662. The van der Waals surface area contributed by atoms with Crippen LogP contribution in [0.5, 0.6) is 0 Å². The molecule has 0 bridgehead atoms. The number of carbonyl (C=O) groups excluding carboxylic acids is 1. The molecule has 3 N–H and O–H groups in total. The summed E-state index contributed by atoms with van der Waals surface area (Å²) in [5.74, 6) is 5.50. The van der Waals surface area contributed by atoms with Crippen molar-refractivity contribution in [3.05, 3.63) is 35.2 Å². The second-order valence-electron chi connectivity index (χ2n) is 4.81. The van der Waals surface area contributed by atoms with E-state index in [1.807, 2.05) is 11.6 Å². The van der Waals surface area contributed by atoms with E-state index in [-0.39, 0.29) is 5.91 Å². The molecule has 0 aromatic carbocycles.